The standard InChI is InChI=1S/C16H23N/c1-13(2)17-12-16(10-6-7-11-16)15-9-5-4-8-14(15)3/h4-9,13,17H,10-12H2,1-3H3. The first-order chi connectivity index (χ1) is 8.14. The minimum Gasteiger partial charge on any atom is -0.314 e. The monoisotopic (exact) mass is 229 g/mol. The van der Waals surface area contributed by atoms with Crippen molar-refractivity contribution in [3.05, 3.63) is 47.5 Å². The van der Waals surface area contributed by atoms with Gasteiger partial charge in [-0.05, 0) is 30.9 Å². The van der Waals surface area contributed by atoms with Gasteiger partial charge in [-0.3, -0.25) is 0 Å². The van der Waals surface area contributed by atoms with Crippen LogP contribution < -0.4 is 5.32 Å². The van der Waals surface area contributed by atoms with Gasteiger partial charge in [0.25, 0.3) is 0 Å². The summed E-state index contributed by atoms with van der Waals surface area (Å²) < 4.78 is 0. The van der Waals surface area contributed by atoms with Crippen molar-refractivity contribution in [2.45, 2.75) is 45.1 Å². The fraction of sp³-hybridized carbons (Fsp3) is 0.500. The first-order valence-corrected chi connectivity index (χ1v) is 6.58. The third kappa shape index (κ3) is 2.61. The Labute approximate surface area is 105 Å². The van der Waals surface area contributed by atoms with Crippen LogP contribution in [0, 0.1) is 6.92 Å². The van der Waals surface area contributed by atoms with Gasteiger partial charge in [0, 0.05) is 18.0 Å². The number of rotatable bonds is 4. The van der Waals surface area contributed by atoms with E-state index < -0.39 is 0 Å². The zero-order chi connectivity index (χ0) is 12.3. The van der Waals surface area contributed by atoms with E-state index in [1.807, 2.05) is 0 Å². The van der Waals surface area contributed by atoms with Gasteiger partial charge in [-0.15, -0.1) is 0 Å². The number of nitrogens with one attached hydrogen (secondary N) is 1. The van der Waals surface area contributed by atoms with Crippen LogP contribution in [-0.2, 0) is 5.41 Å². The van der Waals surface area contributed by atoms with Crippen LogP contribution in [0.4, 0.5) is 0 Å². The van der Waals surface area contributed by atoms with E-state index in [9.17, 15) is 0 Å². The molecular formula is C16H23N. The first kappa shape index (κ1) is 12.4. The van der Waals surface area contributed by atoms with Gasteiger partial charge in [-0.1, -0.05) is 50.3 Å². The fourth-order valence-corrected chi connectivity index (χ4v) is 2.73. The Morgan fingerprint density at radius 2 is 1.82 bits per heavy atom. The highest BCUT2D eigenvalue weighted by Crippen LogP contribution is 2.38. The Hall–Kier alpha value is -1.08. The average Bonchev–Trinajstić information content (AvgIpc) is 2.77. The molecule has 0 aliphatic heterocycles. The van der Waals surface area contributed by atoms with Crippen LogP contribution in [-0.4, -0.2) is 12.6 Å². The van der Waals surface area contributed by atoms with Crippen LogP contribution in [0.5, 0.6) is 0 Å². The van der Waals surface area contributed by atoms with E-state index in [4.69, 9.17) is 0 Å². The summed E-state index contributed by atoms with van der Waals surface area (Å²) in [4.78, 5) is 0. The van der Waals surface area contributed by atoms with E-state index >= 15 is 0 Å². The van der Waals surface area contributed by atoms with Gasteiger partial charge in [0.2, 0.25) is 0 Å². The molecule has 92 valence electrons. The molecule has 0 bridgehead atoms. The van der Waals surface area contributed by atoms with E-state index in [-0.39, 0.29) is 5.41 Å². The lowest BCUT2D eigenvalue weighted by Crippen LogP contribution is -2.39. The summed E-state index contributed by atoms with van der Waals surface area (Å²) in [5.41, 5.74) is 3.22. The number of benzene rings is 1. The Bertz CT molecular complexity index is 396. The van der Waals surface area contributed by atoms with Crippen LogP contribution >= 0.6 is 0 Å². The SMILES string of the molecule is Cc1ccccc1C1(CNC(C)C)CC=CC1. The first-order valence-electron chi connectivity index (χ1n) is 6.58. The smallest absolute Gasteiger partial charge is 0.0149 e. The van der Waals surface area contributed by atoms with Crippen molar-refractivity contribution < 1.29 is 0 Å². The molecule has 0 saturated carbocycles. The molecular weight excluding hydrogens is 206 g/mol. The summed E-state index contributed by atoms with van der Waals surface area (Å²) in [6.07, 6.45) is 6.98. The van der Waals surface area contributed by atoms with E-state index in [0.717, 1.165) is 19.4 Å². The molecule has 0 aromatic heterocycles. The highest BCUT2D eigenvalue weighted by molar-refractivity contribution is 5.37. The van der Waals surface area contributed by atoms with Crippen LogP contribution in [0.15, 0.2) is 36.4 Å². The molecule has 0 radical (unpaired) electrons. The Balaban J connectivity index is 2.25. The Kier molecular flexibility index (Phi) is 3.68. The summed E-state index contributed by atoms with van der Waals surface area (Å²) in [5, 5.41) is 3.61. The molecule has 1 N–H and O–H groups in total. The van der Waals surface area contributed by atoms with E-state index in [0.29, 0.717) is 6.04 Å². The van der Waals surface area contributed by atoms with Gasteiger partial charge in [0.05, 0.1) is 0 Å². The van der Waals surface area contributed by atoms with Gasteiger partial charge in [-0.25, -0.2) is 0 Å². The van der Waals surface area contributed by atoms with Crippen LogP contribution in [0.2, 0.25) is 0 Å². The van der Waals surface area contributed by atoms with Gasteiger partial charge in [0.15, 0.2) is 0 Å². The molecule has 0 heterocycles. The molecule has 17 heavy (non-hydrogen) atoms. The highest BCUT2D eigenvalue weighted by atomic mass is 14.9. The van der Waals surface area contributed by atoms with E-state index in [2.05, 4.69) is 62.5 Å². The molecule has 0 unspecified atom stereocenters. The lowest BCUT2D eigenvalue weighted by molar-refractivity contribution is 0.397. The number of aryl methyl sites for hydroxylation is 1. The largest absolute Gasteiger partial charge is 0.314 e. The highest BCUT2D eigenvalue weighted by Gasteiger charge is 2.33. The summed E-state index contributed by atoms with van der Waals surface area (Å²) >= 11 is 0. The Morgan fingerprint density at radius 1 is 1.18 bits per heavy atom. The molecule has 0 atom stereocenters. The minimum absolute atomic E-state index is 0.287. The van der Waals surface area contributed by atoms with Crippen LogP contribution in [0.3, 0.4) is 0 Å². The average molecular weight is 229 g/mol. The summed E-state index contributed by atoms with van der Waals surface area (Å²) in [5.74, 6) is 0. The van der Waals surface area contributed by atoms with Crippen LogP contribution in [0.25, 0.3) is 0 Å². The molecule has 1 heteroatoms. The predicted octanol–water partition coefficient (Wildman–Crippen LogP) is 3.58. The van der Waals surface area contributed by atoms with Crippen molar-refractivity contribution in [2.75, 3.05) is 6.54 Å². The predicted molar refractivity (Wildman–Crippen MR) is 74.4 cm³/mol. The van der Waals surface area contributed by atoms with Gasteiger partial charge >= 0.3 is 0 Å². The molecule has 1 nitrogen and oxygen atoms in total. The number of hydrogen-bond acceptors (Lipinski definition) is 1. The summed E-state index contributed by atoms with van der Waals surface area (Å²) in [6.45, 7) is 7.73. The second-order valence-electron chi connectivity index (χ2n) is 5.51. The third-order valence-electron chi connectivity index (χ3n) is 3.75. The molecule has 2 rings (SSSR count). The van der Waals surface area contributed by atoms with Crippen molar-refractivity contribution in [1.29, 1.82) is 0 Å². The second kappa shape index (κ2) is 5.05. The van der Waals surface area contributed by atoms with E-state index in [1.165, 1.54) is 11.1 Å². The fourth-order valence-electron chi connectivity index (χ4n) is 2.73. The lowest BCUT2D eigenvalue weighted by atomic mass is 9.76. The number of hydrogen-bond donors (Lipinski definition) is 1. The zero-order valence-electron chi connectivity index (χ0n) is 11.2. The second-order valence-corrected chi connectivity index (χ2v) is 5.51. The van der Waals surface area contributed by atoms with Gasteiger partial charge < -0.3 is 5.32 Å². The maximum atomic E-state index is 3.61. The molecule has 1 aromatic rings. The maximum Gasteiger partial charge on any atom is 0.0149 e. The van der Waals surface area contributed by atoms with Gasteiger partial charge in [-0.2, -0.15) is 0 Å². The summed E-state index contributed by atoms with van der Waals surface area (Å²) in [6, 6.07) is 9.37. The summed E-state index contributed by atoms with van der Waals surface area (Å²) in [7, 11) is 0. The lowest BCUT2D eigenvalue weighted by Gasteiger charge is -2.32. The van der Waals surface area contributed by atoms with E-state index in [1.54, 1.807) is 0 Å². The molecule has 0 saturated heterocycles. The van der Waals surface area contributed by atoms with Crippen molar-refractivity contribution >= 4 is 0 Å². The third-order valence-corrected chi connectivity index (χ3v) is 3.75. The topological polar surface area (TPSA) is 12.0 Å². The molecule has 0 fully saturated rings. The van der Waals surface area contributed by atoms with Crippen molar-refractivity contribution in [3.8, 4) is 0 Å². The molecule has 0 amide bonds. The Morgan fingerprint density at radius 3 is 2.41 bits per heavy atom. The van der Waals surface area contributed by atoms with Crippen molar-refractivity contribution in [3.63, 3.8) is 0 Å². The zero-order valence-corrected chi connectivity index (χ0v) is 11.2. The van der Waals surface area contributed by atoms with Crippen molar-refractivity contribution in [2.24, 2.45) is 0 Å². The number of allylic oxidation sites excluding steroid dienone is 2. The van der Waals surface area contributed by atoms with Crippen molar-refractivity contribution in [1.82, 2.24) is 5.32 Å². The maximum absolute atomic E-state index is 3.61. The normalized spacial score (nSPS) is 17.9. The molecule has 1 aliphatic rings. The van der Waals surface area contributed by atoms with Crippen LogP contribution in [0.1, 0.15) is 37.8 Å². The molecule has 1 aromatic carbocycles. The minimum atomic E-state index is 0.287. The quantitative estimate of drug-likeness (QED) is 0.778. The molecule has 1 aliphatic carbocycles. The molecule has 0 spiro atoms. The van der Waals surface area contributed by atoms with Gasteiger partial charge in [0.1, 0.15) is 0 Å².